The van der Waals surface area contributed by atoms with Gasteiger partial charge in [-0.2, -0.15) is 0 Å². The third-order valence-electron chi connectivity index (χ3n) is 3.10. The van der Waals surface area contributed by atoms with Crippen molar-refractivity contribution in [3.63, 3.8) is 0 Å². The number of aromatic nitrogens is 2. The Morgan fingerprint density at radius 3 is 2.95 bits per heavy atom. The fourth-order valence-corrected chi connectivity index (χ4v) is 2.11. The zero-order valence-corrected chi connectivity index (χ0v) is 11.3. The fourth-order valence-electron chi connectivity index (χ4n) is 2.11. The van der Waals surface area contributed by atoms with Gasteiger partial charge >= 0.3 is 5.97 Å². The minimum Gasteiger partial charge on any atom is -0.465 e. The summed E-state index contributed by atoms with van der Waals surface area (Å²) in [5.74, 6) is 0.585. The molecule has 102 valence electrons. The smallest absolute Gasteiger partial charge is 0.322 e. The number of hydrogen-bond acceptors (Lipinski definition) is 4. The van der Waals surface area contributed by atoms with Gasteiger partial charge in [-0.15, -0.1) is 0 Å². The Hall–Kier alpha value is -1.88. The number of nitrogens with zero attached hydrogens (tertiary/aromatic N) is 2. The van der Waals surface area contributed by atoms with Crippen LogP contribution in [0.15, 0.2) is 24.3 Å². The zero-order chi connectivity index (χ0) is 13.8. The van der Waals surface area contributed by atoms with Crippen molar-refractivity contribution in [2.45, 2.75) is 32.9 Å². The van der Waals surface area contributed by atoms with E-state index in [1.807, 2.05) is 31.2 Å². The van der Waals surface area contributed by atoms with Crippen molar-refractivity contribution < 1.29 is 9.53 Å². The fraction of sp³-hybridized carbons (Fsp3) is 0.429. The number of carbonyl (C=O) groups excluding carboxylic acids is 1. The normalized spacial score (nSPS) is 12.6. The van der Waals surface area contributed by atoms with Crippen LogP contribution in [0, 0.1) is 6.92 Å². The van der Waals surface area contributed by atoms with Crippen LogP contribution in [0.3, 0.4) is 0 Å². The third kappa shape index (κ3) is 2.93. The largest absolute Gasteiger partial charge is 0.465 e. The summed E-state index contributed by atoms with van der Waals surface area (Å²) in [5, 5.41) is 0. The van der Waals surface area contributed by atoms with E-state index in [2.05, 4.69) is 9.55 Å². The van der Waals surface area contributed by atoms with Crippen LogP contribution >= 0.6 is 0 Å². The number of esters is 1. The lowest BCUT2D eigenvalue weighted by Crippen LogP contribution is -2.33. The molecule has 0 aliphatic heterocycles. The maximum Gasteiger partial charge on any atom is 0.322 e. The highest BCUT2D eigenvalue weighted by Gasteiger charge is 2.15. The van der Waals surface area contributed by atoms with Crippen LogP contribution in [0.1, 0.15) is 19.2 Å². The molecule has 0 amide bonds. The highest BCUT2D eigenvalue weighted by atomic mass is 16.5. The van der Waals surface area contributed by atoms with Gasteiger partial charge in [0.15, 0.2) is 0 Å². The quantitative estimate of drug-likeness (QED) is 0.830. The SMILES string of the molecule is CCOC(=O)C(N)CCn1c(C)nc2ccccc21. The molecule has 0 spiro atoms. The Balaban J connectivity index is 2.09. The number of fused-ring (bicyclic) bond motifs is 1. The van der Waals surface area contributed by atoms with Gasteiger partial charge in [0.2, 0.25) is 0 Å². The van der Waals surface area contributed by atoms with E-state index in [-0.39, 0.29) is 5.97 Å². The van der Waals surface area contributed by atoms with Gasteiger partial charge in [-0.25, -0.2) is 4.98 Å². The molecule has 5 heteroatoms. The van der Waals surface area contributed by atoms with Crippen molar-refractivity contribution in [1.29, 1.82) is 0 Å². The lowest BCUT2D eigenvalue weighted by Gasteiger charge is -2.12. The molecule has 1 heterocycles. The molecular weight excluding hydrogens is 242 g/mol. The van der Waals surface area contributed by atoms with Gasteiger partial charge in [0, 0.05) is 6.54 Å². The van der Waals surface area contributed by atoms with Gasteiger partial charge in [-0.1, -0.05) is 12.1 Å². The maximum atomic E-state index is 11.5. The first kappa shape index (κ1) is 13.5. The first-order chi connectivity index (χ1) is 9.13. The van der Waals surface area contributed by atoms with Gasteiger partial charge in [-0.05, 0) is 32.4 Å². The molecule has 1 unspecified atom stereocenters. The van der Waals surface area contributed by atoms with Crippen molar-refractivity contribution in [2.24, 2.45) is 5.73 Å². The van der Waals surface area contributed by atoms with Crippen LogP contribution < -0.4 is 5.73 Å². The van der Waals surface area contributed by atoms with Crippen molar-refractivity contribution in [1.82, 2.24) is 9.55 Å². The highest BCUT2D eigenvalue weighted by molar-refractivity contribution is 5.76. The van der Waals surface area contributed by atoms with Gasteiger partial charge in [0.25, 0.3) is 0 Å². The average Bonchev–Trinajstić information content (AvgIpc) is 2.72. The summed E-state index contributed by atoms with van der Waals surface area (Å²) in [5.41, 5.74) is 7.83. The molecule has 19 heavy (non-hydrogen) atoms. The summed E-state index contributed by atoms with van der Waals surface area (Å²) >= 11 is 0. The molecule has 0 bridgehead atoms. The van der Waals surface area contributed by atoms with Crippen LogP contribution in [0.2, 0.25) is 0 Å². The number of para-hydroxylation sites is 2. The van der Waals surface area contributed by atoms with Crippen molar-refractivity contribution in [3.05, 3.63) is 30.1 Å². The van der Waals surface area contributed by atoms with Crippen LogP contribution in [0.25, 0.3) is 11.0 Å². The van der Waals surface area contributed by atoms with E-state index >= 15 is 0 Å². The van der Waals surface area contributed by atoms with Crippen molar-refractivity contribution in [3.8, 4) is 0 Å². The standard InChI is InChI=1S/C14H19N3O2/c1-3-19-14(18)11(15)8-9-17-10(2)16-12-6-4-5-7-13(12)17/h4-7,11H,3,8-9,15H2,1-2H3. The lowest BCUT2D eigenvalue weighted by molar-refractivity contribution is -0.144. The molecule has 1 aromatic carbocycles. The van der Waals surface area contributed by atoms with E-state index < -0.39 is 6.04 Å². The van der Waals surface area contributed by atoms with Gasteiger partial charge in [0.05, 0.1) is 17.6 Å². The van der Waals surface area contributed by atoms with E-state index in [1.165, 1.54) is 0 Å². The summed E-state index contributed by atoms with van der Waals surface area (Å²) in [6, 6.07) is 7.35. The van der Waals surface area contributed by atoms with Crippen LogP contribution in [-0.2, 0) is 16.1 Å². The van der Waals surface area contributed by atoms with Gasteiger partial charge in [-0.3, -0.25) is 4.79 Å². The number of imidazole rings is 1. The summed E-state index contributed by atoms with van der Waals surface area (Å²) < 4.78 is 6.98. The summed E-state index contributed by atoms with van der Waals surface area (Å²) in [7, 11) is 0. The molecule has 1 atom stereocenters. The number of aryl methyl sites for hydroxylation is 2. The van der Waals surface area contributed by atoms with Gasteiger partial charge < -0.3 is 15.0 Å². The number of carbonyl (C=O) groups is 1. The monoisotopic (exact) mass is 261 g/mol. The molecule has 5 nitrogen and oxygen atoms in total. The van der Waals surface area contributed by atoms with Crippen molar-refractivity contribution >= 4 is 17.0 Å². The molecule has 2 rings (SSSR count). The molecule has 0 fully saturated rings. The average molecular weight is 261 g/mol. The van der Waals surface area contributed by atoms with Crippen LogP contribution in [-0.4, -0.2) is 28.2 Å². The molecule has 1 aromatic heterocycles. The first-order valence-electron chi connectivity index (χ1n) is 6.47. The second kappa shape index (κ2) is 5.84. The summed E-state index contributed by atoms with van der Waals surface area (Å²) in [4.78, 5) is 16.0. The lowest BCUT2D eigenvalue weighted by atomic mass is 10.2. The van der Waals surface area contributed by atoms with Crippen molar-refractivity contribution in [2.75, 3.05) is 6.61 Å². The number of hydrogen-bond donors (Lipinski definition) is 1. The Labute approximate surface area is 112 Å². The van der Waals surface area contributed by atoms with E-state index in [0.717, 1.165) is 16.9 Å². The summed E-state index contributed by atoms with van der Waals surface area (Å²) in [6.07, 6.45) is 0.542. The second-order valence-electron chi connectivity index (χ2n) is 4.45. The molecule has 0 aliphatic rings. The predicted octanol–water partition coefficient (Wildman–Crippen LogP) is 1.63. The summed E-state index contributed by atoms with van der Waals surface area (Å²) in [6.45, 7) is 4.75. The van der Waals surface area contributed by atoms with Crippen LogP contribution in [0.5, 0.6) is 0 Å². The minimum atomic E-state index is -0.583. The molecule has 0 saturated carbocycles. The zero-order valence-electron chi connectivity index (χ0n) is 11.3. The number of benzene rings is 1. The molecule has 2 N–H and O–H groups in total. The maximum absolute atomic E-state index is 11.5. The Kier molecular flexibility index (Phi) is 4.16. The highest BCUT2D eigenvalue weighted by Crippen LogP contribution is 2.16. The molecule has 0 aliphatic carbocycles. The third-order valence-corrected chi connectivity index (χ3v) is 3.10. The second-order valence-corrected chi connectivity index (χ2v) is 4.45. The van der Waals surface area contributed by atoms with Gasteiger partial charge in [0.1, 0.15) is 11.9 Å². The van der Waals surface area contributed by atoms with Crippen LogP contribution in [0.4, 0.5) is 0 Å². The Morgan fingerprint density at radius 2 is 2.21 bits per heavy atom. The molecule has 2 aromatic rings. The van der Waals surface area contributed by atoms with E-state index in [4.69, 9.17) is 10.5 Å². The predicted molar refractivity (Wildman–Crippen MR) is 73.7 cm³/mol. The molecule has 0 saturated heterocycles. The van der Waals surface area contributed by atoms with E-state index in [1.54, 1.807) is 6.92 Å². The topological polar surface area (TPSA) is 70.1 Å². The van der Waals surface area contributed by atoms with E-state index in [0.29, 0.717) is 19.6 Å². The number of ether oxygens (including phenoxy) is 1. The molecule has 0 radical (unpaired) electrons. The minimum absolute atomic E-state index is 0.343. The number of nitrogens with two attached hydrogens (primary N) is 1. The molecular formula is C14H19N3O2. The van der Waals surface area contributed by atoms with E-state index in [9.17, 15) is 4.79 Å². The Bertz CT molecular complexity index is 577. The Morgan fingerprint density at radius 1 is 1.47 bits per heavy atom. The first-order valence-corrected chi connectivity index (χ1v) is 6.47. The number of rotatable bonds is 5.